The Labute approximate surface area is 170 Å². The van der Waals surface area contributed by atoms with Gasteiger partial charge >= 0.3 is 11.9 Å². The Morgan fingerprint density at radius 1 is 1.00 bits per heavy atom. The molecule has 0 spiro atoms. The fraction of sp³-hybridized carbons (Fsp3) is 0.143. The summed E-state index contributed by atoms with van der Waals surface area (Å²) >= 11 is 1.21. The Balaban J connectivity index is 2.65. The molecule has 0 saturated heterocycles. The minimum atomic E-state index is -1.36. The van der Waals surface area contributed by atoms with E-state index in [0.29, 0.717) is 11.3 Å². The lowest BCUT2D eigenvalue weighted by atomic mass is 9.81. The molecule has 0 atom stereocenters. The summed E-state index contributed by atoms with van der Waals surface area (Å²) in [5, 5.41) is 21.5. The number of aromatic carboxylic acids is 2. The highest BCUT2D eigenvalue weighted by Crippen LogP contribution is 2.43. The van der Waals surface area contributed by atoms with Crippen molar-refractivity contribution < 1.29 is 29.3 Å². The van der Waals surface area contributed by atoms with Crippen molar-refractivity contribution in [2.75, 3.05) is 7.11 Å². The zero-order valence-electron chi connectivity index (χ0n) is 15.8. The maximum absolute atomic E-state index is 12.6. The van der Waals surface area contributed by atoms with Crippen LogP contribution in [-0.2, 0) is 0 Å². The zero-order chi connectivity index (χ0) is 21.3. The van der Waals surface area contributed by atoms with Crippen LogP contribution >= 0.6 is 11.3 Å². The van der Waals surface area contributed by atoms with E-state index in [4.69, 9.17) is 4.74 Å². The molecule has 7 nitrogen and oxygen atoms in total. The molecule has 148 valence electrons. The minimum Gasteiger partial charge on any atom is -0.496 e. The first-order chi connectivity index (χ1) is 13.8. The van der Waals surface area contributed by atoms with Crippen molar-refractivity contribution in [3.63, 3.8) is 0 Å². The number of ether oxygens (including phenoxy) is 1. The largest absolute Gasteiger partial charge is 0.496 e. The van der Waals surface area contributed by atoms with Crippen molar-refractivity contribution in [1.82, 2.24) is 4.98 Å². The summed E-state index contributed by atoms with van der Waals surface area (Å²) < 4.78 is 5.38. The van der Waals surface area contributed by atoms with Crippen LogP contribution in [0.5, 0.6) is 5.75 Å². The monoisotopic (exact) mass is 411 g/mol. The quantitative estimate of drug-likeness (QED) is 0.578. The number of benzene rings is 2. The lowest BCUT2D eigenvalue weighted by molar-refractivity contribution is 0.0695. The van der Waals surface area contributed by atoms with Crippen LogP contribution in [0.4, 0.5) is 0 Å². The molecule has 3 aromatic rings. The van der Waals surface area contributed by atoms with Gasteiger partial charge in [-0.15, -0.1) is 11.3 Å². The maximum atomic E-state index is 12.6. The van der Waals surface area contributed by atoms with Gasteiger partial charge in [0, 0.05) is 27.6 Å². The maximum Gasteiger partial charge on any atom is 0.337 e. The van der Waals surface area contributed by atoms with Crippen LogP contribution < -0.4 is 4.74 Å². The summed E-state index contributed by atoms with van der Waals surface area (Å²) in [6.07, 6.45) is 0. The molecule has 29 heavy (non-hydrogen) atoms. The molecule has 0 fully saturated rings. The summed E-state index contributed by atoms with van der Waals surface area (Å²) in [6, 6.07) is 6.69. The number of hydrogen-bond acceptors (Lipinski definition) is 6. The number of methoxy groups -OCH3 is 1. The third kappa shape index (κ3) is 3.38. The van der Waals surface area contributed by atoms with Crippen LogP contribution in [0.1, 0.15) is 43.6 Å². The predicted octanol–water partition coefficient (Wildman–Crippen LogP) is 4.39. The highest BCUT2D eigenvalue weighted by atomic mass is 32.1. The van der Waals surface area contributed by atoms with Crippen molar-refractivity contribution in [3.8, 4) is 28.1 Å². The molecule has 2 aromatic carbocycles. The van der Waals surface area contributed by atoms with Crippen LogP contribution in [0.15, 0.2) is 35.2 Å². The van der Waals surface area contributed by atoms with Crippen molar-refractivity contribution in [1.29, 1.82) is 0 Å². The first-order valence-corrected chi connectivity index (χ1v) is 9.43. The van der Waals surface area contributed by atoms with Crippen LogP contribution in [-0.4, -0.2) is 40.0 Å². The van der Waals surface area contributed by atoms with Gasteiger partial charge in [-0.05, 0) is 25.5 Å². The van der Waals surface area contributed by atoms with Gasteiger partial charge in [-0.25, -0.2) is 14.6 Å². The van der Waals surface area contributed by atoms with E-state index in [1.165, 1.54) is 37.8 Å². The van der Waals surface area contributed by atoms with Crippen LogP contribution in [0.2, 0.25) is 0 Å². The van der Waals surface area contributed by atoms with Crippen LogP contribution in [0.25, 0.3) is 22.4 Å². The molecule has 0 saturated carbocycles. The number of ketones is 1. The molecular formula is C21H17NO6S. The normalized spacial score (nSPS) is 10.6. The number of hydrogen-bond donors (Lipinski definition) is 2. The molecule has 8 heteroatoms. The molecule has 1 aromatic heterocycles. The van der Waals surface area contributed by atoms with E-state index in [2.05, 4.69) is 4.98 Å². The molecule has 0 aliphatic heterocycles. The number of thiazole rings is 1. The minimum absolute atomic E-state index is 0.0308. The fourth-order valence-corrected chi connectivity index (χ4v) is 4.05. The van der Waals surface area contributed by atoms with Gasteiger partial charge in [0.05, 0.1) is 29.4 Å². The van der Waals surface area contributed by atoms with Crippen molar-refractivity contribution in [2.24, 2.45) is 0 Å². The van der Waals surface area contributed by atoms with Gasteiger partial charge in [-0.3, -0.25) is 4.79 Å². The second-order valence-corrected chi connectivity index (χ2v) is 6.96. The second kappa shape index (κ2) is 7.84. The fourth-order valence-electron chi connectivity index (χ4n) is 3.51. The average Bonchev–Trinajstić information content (AvgIpc) is 3.20. The van der Waals surface area contributed by atoms with E-state index >= 15 is 0 Å². The van der Waals surface area contributed by atoms with E-state index in [1.807, 2.05) is 0 Å². The summed E-state index contributed by atoms with van der Waals surface area (Å²) in [5.74, 6) is -2.77. The van der Waals surface area contributed by atoms with Crippen molar-refractivity contribution in [2.45, 2.75) is 13.8 Å². The topological polar surface area (TPSA) is 114 Å². The molecular weight excluding hydrogens is 394 g/mol. The number of para-hydroxylation sites is 1. The van der Waals surface area contributed by atoms with Crippen LogP contribution in [0, 0.1) is 6.92 Å². The van der Waals surface area contributed by atoms with Crippen LogP contribution in [0.3, 0.4) is 0 Å². The van der Waals surface area contributed by atoms with Crippen molar-refractivity contribution in [3.05, 3.63) is 57.4 Å². The Hall–Kier alpha value is -3.52. The Morgan fingerprint density at radius 3 is 2.17 bits per heavy atom. The number of carboxylic acid groups (broad SMARTS) is 2. The standard InChI is InChI=1S/C21H17NO6S/c1-10-15(11(2)23)17(12-6-4-5-7-14(12)28-3)19(21(26)27)18(16(10)20(24)25)13-8-29-9-22-13/h4-9H,1-3H3,(H,24,25)(H,26,27). The van der Waals surface area contributed by atoms with E-state index in [-0.39, 0.29) is 39.1 Å². The van der Waals surface area contributed by atoms with E-state index in [0.717, 1.165) is 0 Å². The molecule has 0 bridgehead atoms. The first-order valence-electron chi connectivity index (χ1n) is 8.49. The van der Waals surface area contributed by atoms with Gasteiger partial charge < -0.3 is 14.9 Å². The molecule has 0 unspecified atom stereocenters. The zero-order valence-corrected chi connectivity index (χ0v) is 16.7. The lowest BCUT2D eigenvalue weighted by Gasteiger charge is -2.21. The van der Waals surface area contributed by atoms with Gasteiger partial charge in [-0.1, -0.05) is 18.2 Å². The van der Waals surface area contributed by atoms with Crippen molar-refractivity contribution >= 4 is 29.1 Å². The summed E-state index contributed by atoms with van der Waals surface area (Å²) in [5.41, 5.74) is 1.84. The Morgan fingerprint density at radius 2 is 1.66 bits per heavy atom. The van der Waals surface area contributed by atoms with Gasteiger partial charge in [-0.2, -0.15) is 0 Å². The van der Waals surface area contributed by atoms with E-state index < -0.39 is 17.7 Å². The first kappa shape index (κ1) is 20.2. The van der Waals surface area contributed by atoms with Gasteiger partial charge in [0.2, 0.25) is 0 Å². The van der Waals surface area contributed by atoms with Gasteiger partial charge in [0.25, 0.3) is 0 Å². The average molecular weight is 411 g/mol. The highest BCUT2D eigenvalue weighted by Gasteiger charge is 2.33. The molecule has 2 N–H and O–H groups in total. The summed E-state index contributed by atoms with van der Waals surface area (Å²) in [4.78, 5) is 41.2. The molecule has 1 heterocycles. The summed E-state index contributed by atoms with van der Waals surface area (Å²) in [7, 11) is 1.44. The number of Topliss-reactive ketones (excluding diaryl/α,β-unsaturated/α-hetero) is 1. The number of carboxylic acids is 2. The molecule has 3 rings (SSSR count). The number of carbonyl (C=O) groups is 3. The Bertz CT molecular complexity index is 1130. The summed E-state index contributed by atoms with van der Waals surface area (Å²) in [6.45, 7) is 2.78. The second-order valence-electron chi connectivity index (χ2n) is 6.24. The molecule has 0 radical (unpaired) electrons. The van der Waals surface area contributed by atoms with E-state index in [9.17, 15) is 24.6 Å². The lowest BCUT2D eigenvalue weighted by Crippen LogP contribution is -2.16. The van der Waals surface area contributed by atoms with Gasteiger partial charge in [0.15, 0.2) is 5.78 Å². The smallest absolute Gasteiger partial charge is 0.337 e. The number of aromatic nitrogens is 1. The molecule has 0 aliphatic rings. The highest BCUT2D eigenvalue weighted by molar-refractivity contribution is 7.07. The SMILES string of the molecule is COc1ccccc1-c1c(C(C)=O)c(C)c(C(=O)O)c(-c2cscn2)c1C(=O)O. The number of rotatable bonds is 6. The molecule has 0 aliphatic carbocycles. The third-order valence-electron chi connectivity index (χ3n) is 4.59. The van der Waals surface area contributed by atoms with Gasteiger partial charge in [0.1, 0.15) is 5.75 Å². The Kier molecular flexibility index (Phi) is 5.47. The van der Waals surface area contributed by atoms with E-state index in [1.54, 1.807) is 29.6 Å². The molecule has 0 amide bonds. The predicted molar refractivity (Wildman–Crippen MR) is 108 cm³/mol. The number of nitrogens with zero attached hydrogens (tertiary/aromatic N) is 1. The number of carbonyl (C=O) groups excluding carboxylic acids is 1. The third-order valence-corrected chi connectivity index (χ3v) is 5.18.